The molecule has 1 N–H and O–H groups in total. The van der Waals surface area contributed by atoms with Gasteiger partial charge in [0.2, 0.25) is 0 Å². The summed E-state index contributed by atoms with van der Waals surface area (Å²) in [5, 5.41) is 9.38. The van der Waals surface area contributed by atoms with Crippen molar-refractivity contribution >= 4 is 17.6 Å². The number of phenols is 1. The predicted octanol–water partition coefficient (Wildman–Crippen LogP) is 5.56. The van der Waals surface area contributed by atoms with E-state index in [1.165, 1.54) is 16.8 Å². The Morgan fingerprint density at radius 1 is 1.24 bits per heavy atom. The predicted molar refractivity (Wildman–Crippen MR) is 107 cm³/mol. The molecule has 3 nitrogen and oxygen atoms in total. The van der Waals surface area contributed by atoms with Crippen molar-refractivity contribution < 1.29 is 5.11 Å². The van der Waals surface area contributed by atoms with Crippen molar-refractivity contribution in [2.24, 2.45) is 4.99 Å². The second-order valence-corrected chi connectivity index (χ2v) is 7.70. The number of phenolic OH excluding ortho intramolecular Hbond substituents is 1. The van der Waals surface area contributed by atoms with Crippen molar-refractivity contribution in [2.75, 3.05) is 11.4 Å². The molecular formula is C22H28N2O. The smallest absolute Gasteiger partial charge is 0.115 e. The molecule has 3 rings (SSSR count). The molecular weight excluding hydrogens is 308 g/mol. The van der Waals surface area contributed by atoms with E-state index in [-0.39, 0.29) is 11.3 Å². The van der Waals surface area contributed by atoms with Crippen LogP contribution in [0.3, 0.4) is 0 Å². The van der Waals surface area contributed by atoms with Gasteiger partial charge in [-0.2, -0.15) is 0 Å². The third-order valence-corrected chi connectivity index (χ3v) is 5.29. The SMILES string of the molecule is CCN1c2cc(C)c(C=Nc3ccc(O)cc3)cc2[C@H](C)CC1(C)C. The van der Waals surface area contributed by atoms with Crippen LogP contribution < -0.4 is 4.90 Å². The van der Waals surface area contributed by atoms with Gasteiger partial charge in [0, 0.05) is 24.0 Å². The number of aryl methyl sites for hydroxylation is 1. The van der Waals surface area contributed by atoms with Gasteiger partial charge in [0.25, 0.3) is 0 Å². The van der Waals surface area contributed by atoms with Gasteiger partial charge in [0.15, 0.2) is 0 Å². The summed E-state index contributed by atoms with van der Waals surface area (Å²) < 4.78 is 0. The molecule has 0 aromatic heterocycles. The zero-order valence-electron chi connectivity index (χ0n) is 15.9. The molecule has 0 bridgehead atoms. The van der Waals surface area contributed by atoms with Gasteiger partial charge in [-0.1, -0.05) is 6.92 Å². The largest absolute Gasteiger partial charge is 0.508 e. The molecule has 3 heteroatoms. The highest BCUT2D eigenvalue weighted by Gasteiger charge is 2.35. The second kappa shape index (κ2) is 6.55. The standard InChI is InChI=1S/C22H28N2O/c1-6-24-21-11-15(2)17(12-20(21)16(3)13-22(24,4)5)14-23-18-7-9-19(25)10-8-18/h7-12,14,16,25H,6,13H2,1-5H3/t16-/m1/s1. The number of hydrogen-bond donors (Lipinski definition) is 1. The minimum Gasteiger partial charge on any atom is -0.508 e. The topological polar surface area (TPSA) is 35.8 Å². The summed E-state index contributed by atoms with van der Waals surface area (Å²) in [6.45, 7) is 12.4. The van der Waals surface area contributed by atoms with E-state index in [4.69, 9.17) is 0 Å². The van der Waals surface area contributed by atoms with Crippen LogP contribution in [0.15, 0.2) is 41.4 Å². The van der Waals surface area contributed by atoms with Crippen LogP contribution in [0.4, 0.5) is 11.4 Å². The lowest BCUT2D eigenvalue weighted by atomic mass is 9.79. The Morgan fingerprint density at radius 3 is 2.56 bits per heavy atom. The van der Waals surface area contributed by atoms with Crippen molar-refractivity contribution in [3.63, 3.8) is 0 Å². The van der Waals surface area contributed by atoms with Crippen LogP contribution in [0.25, 0.3) is 0 Å². The molecule has 132 valence electrons. The van der Waals surface area contributed by atoms with E-state index in [0.717, 1.165) is 24.2 Å². The Hall–Kier alpha value is -2.29. The molecule has 0 fully saturated rings. The molecule has 1 heterocycles. The Bertz CT molecular complexity index is 790. The van der Waals surface area contributed by atoms with E-state index >= 15 is 0 Å². The van der Waals surface area contributed by atoms with Crippen molar-refractivity contribution in [2.45, 2.75) is 52.5 Å². The monoisotopic (exact) mass is 336 g/mol. The summed E-state index contributed by atoms with van der Waals surface area (Å²) in [4.78, 5) is 7.09. The fourth-order valence-corrected chi connectivity index (χ4v) is 4.07. The molecule has 0 saturated heterocycles. The molecule has 0 amide bonds. The molecule has 0 spiro atoms. The van der Waals surface area contributed by atoms with Gasteiger partial charge in [0.05, 0.1) is 5.69 Å². The Kier molecular flexibility index (Phi) is 4.59. The van der Waals surface area contributed by atoms with Gasteiger partial charge in [0.1, 0.15) is 5.75 Å². The molecule has 1 atom stereocenters. The number of hydrogen-bond acceptors (Lipinski definition) is 3. The lowest BCUT2D eigenvalue weighted by Crippen LogP contribution is -2.48. The van der Waals surface area contributed by atoms with E-state index in [2.05, 4.69) is 56.6 Å². The van der Waals surface area contributed by atoms with E-state index in [1.54, 1.807) is 12.1 Å². The maximum atomic E-state index is 9.38. The Labute approximate surface area is 151 Å². The second-order valence-electron chi connectivity index (χ2n) is 7.70. The molecule has 25 heavy (non-hydrogen) atoms. The van der Waals surface area contributed by atoms with Crippen molar-refractivity contribution in [3.8, 4) is 5.75 Å². The average molecular weight is 336 g/mol. The van der Waals surface area contributed by atoms with Gasteiger partial charge in [-0.15, -0.1) is 0 Å². The number of aromatic hydroxyl groups is 1. The number of fused-ring (bicyclic) bond motifs is 1. The van der Waals surface area contributed by atoms with Crippen molar-refractivity contribution in [1.29, 1.82) is 0 Å². The Morgan fingerprint density at radius 2 is 1.92 bits per heavy atom. The van der Waals surface area contributed by atoms with Gasteiger partial charge < -0.3 is 10.0 Å². The third kappa shape index (κ3) is 3.41. The maximum Gasteiger partial charge on any atom is 0.115 e. The number of aliphatic imine (C=N–C) groups is 1. The van der Waals surface area contributed by atoms with E-state index in [9.17, 15) is 5.11 Å². The van der Waals surface area contributed by atoms with Crippen molar-refractivity contribution in [1.82, 2.24) is 0 Å². The first-order valence-corrected chi connectivity index (χ1v) is 9.07. The highest BCUT2D eigenvalue weighted by Crippen LogP contribution is 2.44. The normalized spacial score (nSPS) is 19.2. The summed E-state index contributed by atoms with van der Waals surface area (Å²) in [6.07, 6.45) is 3.09. The van der Waals surface area contributed by atoms with E-state index < -0.39 is 0 Å². The average Bonchev–Trinajstić information content (AvgIpc) is 2.54. The summed E-state index contributed by atoms with van der Waals surface area (Å²) in [5.41, 5.74) is 6.22. The van der Waals surface area contributed by atoms with Gasteiger partial charge >= 0.3 is 0 Å². The molecule has 2 aromatic carbocycles. The molecule has 0 saturated carbocycles. The third-order valence-electron chi connectivity index (χ3n) is 5.29. The summed E-state index contributed by atoms with van der Waals surface area (Å²) in [6, 6.07) is 11.6. The van der Waals surface area contributed by atoms with Crippen LogP contribution in [-0.2, 0) is 0 Å². The lowest BCUT2D eigenvalue weighted by molar-refractivity contribution is 0.381. The summed E-state index contributed by atoms with van der Waals surface area (Å²) in [7, 11) is 0. The molecule has 0 radical (unpaired) electrons. The minimum atomic E-state index is 0.190. The van der Waals surface area contributed by atoms with Crippen LogP contribution >= 0.6 is 0 Å². The number of anilines is 1. The zero-order chi connectivity index (χ0) is 18.2. The molecule has 1 aliphatic heterocycles. The first-order chi connectivity index (χ1) is 11.8. The fourth-order valence-electron chi connectivity index (χ4n) is 4.07. The van der Waals surface area contributed by atoms with E-state index in [1.807, 2.05) is 18.3 Å². The van der Waals surface area contributed by atoms with Gasteiger partial charge in [-0.25, -0.2) is 0 Å². The fraction of sp³-hybridized carbons (Fsp3) is 0.409. The number of benzene rings is 2. The van der Waals surface area contributed by atoms with Crippen molar-refractivity contribution in [3.05, 3.63) is 53.1 Å². The maximum absolute atomic E-state index is 9.38. The van der Waals surface area contributed by atoms with E-state index in [0.29, 0.717) is 5.92 Å². The van der Waals surface area contributed by atoms with Gasteiger partial charge in [-0.3, -0.25) is 4.99 Å². The van der Waals surface area contributed by atoms with Crippen LogP contribution in [0.1, 0.15) is 56.7 Å². The zero-order valence-corrected chi connectivity index (χ0v) is 15.9. The van der Waals surface area contributed by atoms with Crippen LogP contribution in [0.2, 0.25) is 0 Å². The van der Waals surface area contributed by atoms with Gasteiger partial charge in [-0.05, 0) is 93.1 Å². The molecule has 1 aliphatic rings. The first kappa shape index (κ1) is 17.5. The first-order valence-electron chi connectivity index (χ1n) is 9.07. The van der Waals surface area contributed by atoms with Crippen LogP contribution in [0, 0.1) is 6.92 Å². The Balaban J connectivity index is 1.99. The number of rotatable bonds is 3. The highest BCUT2D eigenvalue weighted by atomic mass is 16.3. The van der Waals surface area contributed by atoms with Crippen LogP contribution in [0.5, 0.6) is 5.75 Å². The summed E-state index contributed by atoms with van der Waals surface area (Å²) >= 11 is 0. The number of nitrogens with zero attached hydrogens (tertiary/aromatic N) is 2. The van der Waals surface area contributed by atoms with Crippen LogP contribution in [-0.4, -0.2) is 23.4 Å². The molecule has 0 aliphatic carbocycles. The quantitative estimate of drug-likeness (QED) is 0.744. The minimum absolute atomic E-state index is 0.190. The molecule has 2 aromatic rings. The molecule has 0 unspecified atom stereocenters. The summed E-state index contributed by atoms with van der Waals surface area (Å²) in [5.74, 6) is 0.800. The highest BCUT2D eigenvalue weighted by molar-refractivity contribution is 5.86. The lowest BCUT2D eigenvalue weighted by Gasteiger charge is -2.47.